The zero-order chi connectivity index (χ0) is 17.6. The molecule has 0 bridgehead atoms. The van der Waals surface area contributed by atoms with Gasteiger partial charge in [0, 0.05) is 27.5 Å². The van der Waals surface area contributed by atoms with Gasteiger partial charge in [0.15, 0.2) is 0 Å². The van der Waals surface area contributed by atoms with Gasteiger partial charge in [-0.05, 0) is 42.0 Å². The van der Waals surface area contributed by atoms with Crippen LogP contribution in [0, 0.1) is 0 Å². The van der Waals surface area contributed by atoms with Crippen molar-refractivity contribution in [2.75, 3.05) is 11.5 Å². The maximum Gasteiger partial charge on any atom is 0.336 e. The second-order valence-corrected chi connectivity index (χ2v) is 7.31. The molecule has 0 saturated carbocycles. The van der Waals surface area contributed by atoms with Crippen molar-refractivity contribution in [1.29, 1.82) is 0 Å². The van der Waals surface area contributed by atoms with Crippen molar-refractivity contribution in [2.45, 2.75) is 12.3 Å². The Morgan fingerprint density at radius 3 is 2.60 bits per heavy atom. The summed E-state index contributed by atoms with van der Waals surface area (Å²) in [6.07, 6.45) is 0.215. The number of anilines is 1. The monoisotopic (exact) mass is 417 g/mol. The number of esters is 1. The molecule has 2 aromatic carbocycles. The summed E-state index contributed by atoms with van der Waals surface area (Å²) in [4.78, 5) is 26.8. The smallest absolute Gasteiger partial charge is 0.336 e. The zero-order valence-corrected chi connectivity index (χ0v) is 15.4. The highest BCUT2D eigenvalue weighted by Gasteiger charge is 2.42. The third-order valence-electron chi connectivity index (χ3n) is 4.45. The van der Waals surface area contributed by atoms with Crippen molar-refractivity contribution in [3.8, 4) is 0 Å². The average molecular weight is 419 g/mol. The minimum Gasteiger partial charge on any atom is -0.456 e. The molecule has 2 heterocycles. The molecule has 0 radical (unpaired) electrons. The second kappa shape index (κ2) is 6.32. The van der Waals surface area contributed by atoms with E-state index in [4.69, 9.17) is 16.3 Å². The average Bonchev–Trinajstić information content (AvgIpc) is 2.97. The van der Waals surface area contributed by atoms with Crippen molar-refractivity contribution < 1.29 is 14.3 Å². The maximum atomic E-state index is 12.9. The lowest BCUT2D eigenvalue weighted by atomic mass is 9.84. The predicted molar refractivity (Wildman–Crippen MR) is 98.4 cm³/mol. The number of ether oxygens (including phenoxy) is 1. The van der Waals surface area contributed by atoms with Crippen LogP contribution in [0.1, 0.15) is 17.9 Å². The first kappa shape index (κ1) is 16.4. The molecule has 4 rings (SSSR count). The molecule has 1 atom stereocenters. The predicted octanol–water partition coefficient (Wildman–Crippen LogP) is 4.43. The van der Waals surface area contributed by atoms with Gasteiger partial charge in [-0.1, -0.05) is 39.7 Å². The van der Waals surface area contributed by atoms with E-state index in [0.717, 1.165) is 10.0 Å². The summed E-state index contributed by atoms with van der Waals surface area (Å²) in [6, 6.07) is 14.7. The number of nitrogens with zero attached hydrogens (tertiary/aromatic N) is 1. The highest BCUT2D eigenvalue weighted by atomic mass is 79.9. The molecule has 0 aliphatic carbocycles. The van der Waals surface area contributed by atoms with E-state index >= 15 is 0 Å². The fraction of sp³-hybridized carbons (Fsp3) is 0.158. The number of cyclic esters (lactones) is 1. The first-order valence-electron chi connectivity index (χ1n) is 7.79. The van der Waals surface area contributed by atoms with Gasteiger partial charge in [-0.3, -0.25) is 9.69 Å². The van der Waals surface area contributed by atoms with Gasteiger partial charge in [-0.25, -0.2) is 4.79 Å². The van der Waals surface area contributed by atoms with Gasteiger partial charge < -0.3 is 4.74 Å². The molecular weight excluding hydrogens is 406 g/mol. The molecule has 6 heteroatoms. The van der Waals surface area contributed by atoms with Crippen molar-refractivity contribution in [3.63, 3.8) is 0 Å². The van der Waals surface area contributed by atoms with Crippen LogP contribution in [0.3, 0.4) is 0 Å². The largest absolute Gasteiger partial charge is 0.456 e. The number of rotatable bonds is 2. The summed E-state index contributed by atoms with van der Waals surface area (Å²) in [5.74, 6) is -0.714. The number of halogens is 2. The molecular formula is C19H13BrClNO3. The van der Waals surface area contributed by atoms with Gasteiger partial charge in [0.2, 0.25) is 5.91 Å². The van der Waals surface area contributed by atoms with Crippen LogP contribution >= 0.6 is 27.5 Å². The van der Waals surface area contributed by atoms with Crippen LogP contribution in [0.4, 0.5) is 5.69 Å². The SMILES string of the molecule is O=C1OCC2=C1C(c1cccc(Br)c1)CC(=O)N2c1ccc(Cl)cc1. The molecule has 25 heavy (non-hydrogen) atoms. The molecule has 0 fully saturated rings. The fourth-order valence-electron chi connectivity index (χ4n) is 3.35. The molecule has 0 spiro atoms. The first-order valence-corrected chi connectivity index (χ1v) is 8.96. The Bertz CT molecular complexity index is 907. The van der Waals surface area contributed by atoms with Gasteiger partial charge in [-0.2, -0.15) is 0 Å². The Morgan fingerprint density at radius 1 is 1.12 bits per heavy atom. The third kappa shape index (κ3) is 2.87. The Balaban J connectivity index is 1.83. The summed E-state index contributed by atoms with van der Waals surface area (Å²) in [6.45, 7) is 0.104. The summed E-state index contributed by atoms with van der Waals surface area (Å²) in [5, 5.41) is 0.591. The van der Waals surface area contributed by atoms with E-state index < -0.39 is 0 Å². The van der Waals surface area contributed by atoms with Gasteiger partial charge >= 0.3 is 5.97 Å². The number of carbonyl (C=O) groups is 2. The third-order valence-corrected chi connectivity index (χ3v) is 5.20. The van der Waals surface area contributed by atoms with E-state index in [2.05, 4.69) is 15.9 Å². The van der Waals surface area contributed by atoms with Gasteiger partial charge in [0.25, 0.3) is 0 Å². The van der Waals surface area contributed by atoms with E-state index in [9.17, 15) is 9.59 Å². The quantitative estimate of drug-likeness (QED) is 0.678. The molecule has 1 unspecified atom stereocenters. The lowest BCUT2D eigenvalue weighted by molar-refractivity contribution is -0.136. The molecule has 0 N–H and O–H groups in total. The Labute approximate surface area is 158 Å². The van der Waals surface area contributed by atoms with E-state index in [1.165, 1.54) is 0 Å². The van der Waals surface area contributed by atoms with Crippen LogP contribution in [0.25, 0.3) is 0 Å². The van der Waals surface area contributed by atoms with Crippen LogP contribution in [-0.2, 0) is 14.3 Å². The van der Waals surface area contributed by atoms with E-state index in [1.54, 1.807) is 29.2 Å². The molecule has 1 amide bonds. The van der Waals surface area contributed by atoms with E-state index in [-0.39, 0.29) is 30.8 Å². The maximum absolute atomic E-state index is 12.9. The number of hydrogen-bond acceptors (Lipinski definition) is 3. The summed E-state index contributed by atoms with van der Waals surface area (Å²) in [5.41, 5.74) is 2.79. The normalized spacial score (nSPS) is 19.9. The molecule has 2 aromatic rings. The lowest BCUT2D eigenvalue weighted by Gasteiger charge is -2.32. The van der Waals surface area contributed by atoms with Crippen LogP contribution < -0.4 is 4.90 Å². The summed E-state index contributed by atoms with van der Waals surface area (Å²) in [7, 11) is 0. The van der Waals surface area contributed by atoms with Gasteiger partial charge in [0.1, 0.15) is 6.61 Å². The number of amides is 1. The van der Waals surface area contributed by atoms with Crippen molar-refractivity contribution in [1.82, 2.24) is 0 Å². The van der Waals surface area contributed by atoms with E-state index in [0.29, 0.717) is 22.0 Å². The number of benzene rings is 2. The zero-order valence-electron chi connectivity index (χ0n) is 13.0. The Hall–Kier alpha value is -2.11. The Kier molecular flexibility index (Phi) is 4.13. The van der Waals surface area contributed by atoms with Crippen LogP contribution in [0.15, 0.2) is 64.3 Å². The molecule has 2 aliphatic rings. The molecule has 0 aromatic heterocycles. The standard InChI is InChI=1S/C19H13BrClNO3/c20-12-3-1-2-11(8-12)15-9-17(23)22(14-6-4-13(21)5-7-14)16-10-25-19(24)18(15)16/h1-8,15H,9-10H2. The minimum atomic E-state index is -0.355. The highest BCUT2D eigenvalue weighted by Crippen LogP contribution is 2.42. The summed E-state index contributed by atoms with van der Waals surface area (Å²) >= 11 is 9.39. The Morgan fingerprint density at radius 2 is 1.88 bits per heavy atom. The van der Waals surface area contributed by atoms with Crippen LogP contribution in [0.2, 0.25) is 5.02 Å². The minimum absolute atomic E-state index is 0.0654. The molecule has 2 aliphatic heterocycles. The van der Waals surface area contributed by atoms with E-state index in [1.807, 2.05) is 24.3 Å². The topological polar surface area (TPSA) is 46.6 Å². The van der Waals surface area contributed by atoms with Crippen molar-refractivity contribution in [3.05, 3.63) is 74.9 Å². The molecule has 4 nitrogen and oxygen atoms in total. The van der Waals surface area contributed by atoms with Crippen LogP contribution in [0.5, 0.6) is 0 Å². The second-order valence-electron chi connectivity index (χ2n) is 5.95. The lowest BCUT2D eigenvalue weighted by Crippen LogP contribution is -2.37. The molecule has 126 valence electrons. The number of carbonyl (C=O) groups excluding carboxylic acids is 2. The fourth-order valence-corrected chi connectivity index (χ4v) is 3.89. The van der Waals surface area contributed by atoms with Gasteiger partial charge in [-0.15, -0.1) is 0 Å². The first-order chi connectivity index (χ1) is 12.0. The highest BCUT2D eigenvalue weighted by molar-refractivity contribution is 9.10. The number of hydrogen-bond donors (Lipinski definition) is 0. The van der Waals surface area contributed by atoms with Gasteiger partial charge in [0.05, 0.1) is 11.3 Å². The molecule has 0 saturated heterocycles. The van der Waals surface area contributed by atoms with Crippen molar-refractivity contribution >= 4 is 45.1 Å². The summed E-state index contributed by atoms with van der Waals surface area (Å²) < 4.78 is 6.17. The van der Waals surface area contributed by atoms with Crippen LogP contribution in [-0.4, -0.2) is 18.5 Å². The van der Waals surface area contributed by atoms with Crippen molar-refractivity contribution in [2.24, 2.45) is 0 Å².